The van der Waals surface area contributed by atoms with Crippen LogP contribution < -0.4 is 5.73 Å². The Labute approximate surface area is 165 Å². The summed E-state index contributed by atoms with van der Waals surface area (Å²) in [5, 5.41) is 10.9. The van der Waals surface area contributed by atoms with E-state index >= 15 is 0 Å². The Hall–Kier alpha value is -2.48. The molecule has 2 aromatic rings. The van der Waals surface area contributed by atoms with E-state index in [0.29, 0.717) is 0 Å². The lowest BCUT2D eigenvalue weighted by Gasteiger charge is -2.40. The van der Waals surface area contributed by atoms with Crippen LogP contribution in [0.2, 0.25) is 0 Å². The highest BCUT2D eigenvalue weighted by molar-refractivity contribution is 5.76. The molecule has 1 aromatic heterocycles. The minimum Gasteiger partial charge on any atom is -0.367 e. The van der Waals surface area contributed by atoms with Gasteiger partial charge in [0, 0.05) is 25.0 Å². The summed E-state index contributed by atoms with van der Waals surface area (Å²) in [7, 11) is 0. The van der Waals surface area contributed by atoms with Crippen LogP contribution in [-0.4, -0.2) is 68.6 Å². The van der Waals surface area contributed by atoms with Gasteiger partial charge in [0.25, 0.3) is 0 Å². The van der Waals surface area contributed by atoms with Gasteiger partial charge in [0.2, 0.25) is 11.9 Å². The predicted molar refractivity (Wildman–Crippen MR) is 106 cm³/mol. The van der Waals surface area contributed by atoms with Crippen molar-refractivity contribution in [2.24, 2.45) is 5.41 Å². The number of piperidine rings is 1. The van der Waals surface area contributed by atoms with E-state index in [1.165, 1.54) is 36.1 Å². The number of nitrogens with zero attached hydrogens (tertiary/aromatic N) is 6. The van der Waals surface area contributed by atoms with E-state index in [9.17, 15) is 4.79 Å². The first kappa shape index (κ1) is 18.9. The summed E-state index contributed by atoms with van der Waals surface area (Å²) >= 11 is 0. The highest BCUT2D eigenvalue weighted by Crippen LogP contribution is 2.39. The molecule has 8 nitrogen and oxygen atoms in total. The van der Waals surface area contributed by atoms with E-state index in [4.69, 9.17) is 5.73 Å². The van der Waals surface area contributed by atoms with Gasteiger partial charge >= 0.3 is 0 Å². The smallest absolute Gasteiger partial charge is 0.244 e. The van der Waals surface area contributed by atoms with Crippen molar-refractivity contribution in [1.29, 1.82) is 0 Å². The first-order chi connectivity index (χ1) is 13.6. The molecule has 2 fully saturated rings. The van der Waals surface area contributed by atoms with Gasteiger partial charge in [0.1, 0.15) is 6.54 Å². The number of tetrazole rings is 1. The third kappa shape index (κ3) is 4.32. The molecular weight excluding hydrogens is 354 g/mol. The van der Waals surface area contributed by atoms with Crippen molar-refractivity contribution in [3.63, 3.8) is 0 Å². The van der Waals surface area contributed by atoms with Crippen molar-refractivity contribution in [2.75, 3.05) is 38.5 Å². The number of likely N-dealkylation sites (tertiary alicyclic amines) is 2. The number of aryl methyl sites for hydroxylation is 1. The average Bonchev–Trinajstić information content (AvgIpc) is 3.29. The fraction of sp³-hybridized carbons (Fsp3) is 0.600. The van der Waals surface area contributed by atoms with Crippen LogP contribution in [0, 0.1) is 5.41 Å². The number of aromatic nitrogens is 4. The summed E-state index contributed by atoms with van der Waals surface area (Å²) in [6.45, 7) is 5.17. The van der Waals surface area contributed by atoms with Crippen LogP contribution in [0.15, 0.2) is 30.3 Å². The number of hydrogen-bond acceptors (Lipinski definition) is 6. The van der Waals surface area contributed by atoms with Crippen molar-refractivity contribution >= 4 is 11.9 Å². The largest absolute Gasteiger partial charge is 0.367 e. The molecule has 28 heavy (non-hydrogen) atoms. The Kier molecular flexibility index (Phi) is 5.57. The molecule has 0 unspecified atom stereocenters. The van der Waals surface area contributed by atoms with Crippen LogP contribution in [0.4, 0.5) is 5.95 Å². The number of amides is 1. The molecule has 2 aliphatic heterocycles. The summed E-state index contributed by atoms with van der Waals surface area (Å²) in [4.78, 5) is 17.2. The van der Waals surface area contributed by atoms with Crippen LogP contribution in [0.5, 0.6) is 0 Å². The van der Waals surface area contributed by atoms with Gasteiger partial charge in [-0.1, -0.05) is 35.4 Å². The number of rotatable bonds is 6. The Balaban J connectivity index is 1.27. The molecule has 4 rings (SSSR count). The lowest BCUT2D eigenvalue weighted by atomic mass is 9.79. The van der Waals surface area contributed by atoms with Crippen molar-refractivity contribution in [3.05, 3.63) is 35.9 Å². The van der Waals surface area contributed by atoms with Crippen LogP contribution >= 0.6 is 0 Å². The summed E-state index contributed by atoms with van der Waals surface area (Å²) in [5.41, 5.74) is 7.33. The lowest BCUT2D eigenvalue weighted by molar-refractivity contribution is -0.131. The normalized spacial score (nSPS) is 22.8. The maximum atomic E-state index is 12.6. The van der Waals surface area contributed by atoms with Gasteiger partial charge in [-0.15, -0.1) is 0 Å². The third-order valence-electron chi connectivity index (χ3n) is 6.16. The lowest BCUT2D eigenvalue weighted by Crippen LogP contribution is -2.46. The summed E-state index contributed by atoms with van der Waals surface area (Å²) in [6, 6.07) is 10.7. The molecular formula is C20H29N7O. The van der Waals surface area contributed by atoms with Gasteiger partial charge in [-0.2, -0.15) is 0 Å². The van der Waals surface area contributed by atoms with E-state index < -0.39 is 0 Å². The number of carbonyl (C=O) groups excluding carboxylic acids is 1. The average molecular weight is 384 g/mol. The first-order valence-electron chi connectivity index (χ1n) is 10.2. The number of carbonyl (C=O) groups is 1. The van der Waals surface area contributed by atoms with E-state index in [1.54, 1.807) is 0 Å². The topological polar surface area (TPSA) is 93.2 Å². The maximum absolute atomic E-state index is 12.6. The number of anilines is 1. The molecule has 0 aliphatic carbocycles. The molecule has 3 heterocycles. The zero-order valence-electron chi connectivity index (χ0n) is 16.3. The molecule has 2 N–H and O–H groups in total. The van der Waals surface area contributed by atoms with Crippen molar-refractivity contribution in [1.82, 2.24) is 30.0 Å². The maximum Gasteiger partial charge on any atom is 0.244 e. The SMILES string of the molecule is Nc1nnnn1CC(=O)N1CC[C@@]2(CCCN(CCCc3ccccc3)C2)C1. The van der Waals surface area contributed by atoms with Gasteiger partial charge < -0.3 is 15.5 Å². The minimum absolute atomic E-state index is 0.0528. The molecule has 0 bridgehead atoms. The van der Waals surface area contributed by atoms with Crippen LogP contribution in [0.3, 0.4) is 0 Å². The molecule has 1 aromatic carbocycles. The molecule has 0 radical (unpaired) electrons. The summed E-state index contributed by atoms with van der Waals surface area (Å²) in [6.07, 6.45) is 5.81. The fourth-order valence-electron chi connectivity index (χ4n) is 4.69. The van der Waals surface area contributed by atoms with Crippen molar-refractivity contribution in [3.8, 4) is 0 Å². The molecule has 1 atom stereocenters. The first-order valence-corrected chi connectivity index (χ1v) is 10.2. The quantitative estimate of drug-likeness (QED) is 0.806. The van der Waals surface area contributed by atoms with Crippen molar-refractivity contribution in [2.45, 2.75) is 38.6 Å². The summed E-state index contributed by atoms with van der Waals surface area (Å²) in [5.74, 6) is 0.238. The number of benzene rings is 1. The number of nitrogen functional groups attached to an aromatic ring is 1. The van der Waals surface area contributed by atoms with Crippen LogP contribution in [-0.2, 0) is 17.8 Å². The molecule has 2 aliphatic rings. The third-order valence-corrected chi connectivity index (χ3v) is 6.16. The van der Waals surface area contributed by atoms with Crippen LogP contribution in [0.25, 0.3) is 0 Å². The molecule has 8 heteroatoms. The monoisotopic (exact) mass is 383 g/mol. The zero-order valence-corrected chi connectivity index (χ0v) is 16.3. The van der Waals surface area contributed by atoms with E-state index in [1.807, 2.05) is 4.90 Å². The number of nitrogens with two attached hydrogens (primary N) is 1. The zero-order chi connectivity index (χ0) is 19.4. The Morgan fingerprint density at radius 3 is 2.79 bits per heavy atom. The molecule has 1 amide bonds. The second kappa shape index (κ2) is 8.26. The minimum atomic E-state index is 0.0528. The molecule has 1 spiro atoms. The van der Waals surface area contributed by atoms with E-state index in [-0.39, 0.29) is 23.8 Å². The van der Waals surface area contributed by atoms with Gasteiger partial charge in [-0.3, -0.25) is 4.79 Å². The Bertz CT molecular complexity index is 793. The standard InChI is InChI=1S/C20H29N7O/c21-19-22-23-24-27(19)14-18(28)26-13-10-20(16-26)9-5-12-25(15-20)11-4-8-17-6-2-1-3-7-17/h1-3,6-7H,4-5,8-16H2,(H2,21,22,24)/t20-/m1/s1. The Morgan fingerprint density at radius 1 is 1.14 bits per heavy atom. The predicted octanol–water partition coefficient (Wildman–Crippen LogP) is 1.20. The van der Waals surface area contributed by atoms with Gasteiger partial charge in [-0.05, 0) is 61.2 Å². The molecule has 0 saturated carbocycles. The molecule has 2 saturated heterocycles. The fourth-order valence-corrected chi connectivity index (χ4v) is 4.69. The van der Waals surface area contributed by atoms with E-state index in [0.717, 1.165) is 39.0 Å². The van der Waals surface area contributed by atoms with Gasteiger partial charge in [0.15, 0.2) is 0 Å². The molecule has 150 valence electrons. The van der Waals surface area contributed by atoms with Crippen molar-refractivity contribution < 1.29 is 4.79 Å². The Morgan fingerprint density at radius 2 is 2.00 bits per heavy atom. The second-order valence-electron chi connectivity index (χ2n) is 8.23. The number of hydrogen-bond donors (Lipinski definition) is 1. The van der Waals surface area contributed by atoms with E-state index in [2.05, 4.69) is 50.8 Å². The van der Waals surface area contributed by atoms with Gasteiger partial charge in [0.05, 0.1) is 0 Å². The second-order valence-corrected chi connectivity index (χ2v) is 8.23. The highest BCUT2D eigenvalue weighted by Gasteiger charge is 2.42. The van der Waals surface area contributed by atoms with Crippen LogP contribution in [0.1, 0.15) is 31.2 Å². The highest BCUT2D eigenvalue weighted by atomic mass is 16.2. The van der Waals surface area contributed by atoms with Gasteiger partial charge in [-0.25, -0.2) is 4.68 Å². The summed E-state index contributed by atoms with van der Waals surface area (Å²) < 4.78 is 1.37.